The van der Waals surface area contributed by atoms with Crippen LogP contribution in [0, 0.1) is 5.82 Å². The monoisotopic (exact) mass is 328 g/mol. The summed E-state index contributed by atoms with van der Waals surface area (Å²) in [6.07, 6.45) is 2.41. The SMILES string of the molecule is CN1CCC(NCc2cccc(OCc3ccc(F)cc3)c2)CC1. The lowest BCUT2D eigenvalue weighted by molar-refractivity contribution is 0.234. The van der Waals surface area contributed by atoms with E-state index in [1.54, 1.807) is 12.1 Å². The predicted molar refractivity (Wildman–Crippen MR) is 94.5 cm³/mol. The Morgan fingerprint density at radius 2 is 1.83 bits per heavy atom. The molecule has 0 amide bonds. The number of halogens is 1. The lowest BCUT2D eigenvalue weighted by Crippen LogP contribution is -2.40. The fourth-order valence-electron chi connectivity index (χ4n) is 2.97. The zero-order valence-corrected chi connectivity index (χ0v) is 14.2. The number of rotatable bonds is 6. The maximum Gasteiger partial charge on any atom is 0.123 e. The minimum atomic E-state index is -0.222. The predicted octanol–water partition coefficient (Wildman–Crippen LogP) is 3.59. The van der Waals surface area contributed by atoms with Crippen LogP contribution < -0.4 is 10.1 Å². The molecule has 0 atom stereocenters. The number of nitrogens with one attached hydrogen (secondary N) is 1. The van der Waals surface area contributed by atoms with Crippen molar-refractivity contribution in [3.8, 4) is 5.75 Å². The van der Waals surface area contributed by atoms with Gasteiger partial charge >= 0.3 is 0 Å². The third-order valence-corrected chi connectivity index (χ3v) is 4.53. The van der Waals surface area contributed by atoms with Crippen molar-refractivity contribution in [3.05, 3.63) is 65.5 Å². The first-order valence-electron chi connectivity index (χ1n) is 8.57. The third kappa shape index (κ3) is 5.05. The molecule has 1 heterocycles. The Kier molecular flexibility index (Phi) is 5.83. The molecule has 2 aromatic carbocycles. The second-order valence-corrected chi connectivity index (χ2v) is 6.52. The van der Waals surface area contributed by atoms with Crippen molar-refractivity contribution in [2.75, 3.05) is 20.1 Å². The highest BCUT2D eigenvalue weighted by molar-refractivity contribution is 5.29. The van der Waals surface area contributed by atoms with Gasteiger partial charge in [-0.2, -0.15) is 0 Å². The van der Waals surface area contributed by atoms with E-state index in [0.29, 0.717) is 12.6 Å². The molecule has 1 N–H and O–H groups in total. The molecule has 0 saturated carbocycles. The summed E-state index contributed by atoms with van der Waals surface area (Å²) in [5, 5.41) is 3.64. The average Bonchev–Trinajstić information content (AvgIpc) is 2.61. The van der Waals surface area contributed by atoms with Crippen LogP contribution in [0.2, 0.25) is 0 Å². The van der Waals surface area contributed by atoms with E-state index in [4.69, 9.17) is 4.74 Å². The van der Waals surface area contributed by atoms with Crippen LogP contribution in [0.5, 0.6) is 5.75 Å². The van der Waals surface area contributed by atoms with Crippen LogP contribution in [-0.4, -0.2) is 31.1 Å². The summed E-state index contributed by atoms with van der Waals surface area (Å²) in [5.74, 6) is 0.628. The van der Waals surface area contributed by atoms with Gasteiger partial charge in [-0.05, 0) is 68.4 Å². The van der Waals surface area contributed by atoms with Crippen LogP contribution in [0.4, 0.5) is 4.39 Å². The fraction of sp³-hybridized carbons (Fsp3) is 0.400. The van der Waals surface area contributed by atoms with E-state index in [2.05, 4.69) is 29.4 Å². The summed E-state index contributed by atoms with van der Waals surface area (Å²) >= 11 is 0. The van der Waals surface area contributed by atoms with Crippen molar-refractivity contribution in [2.45, 2.75) is 32.0 Å². The fourth-order valence-corrected chi connectivity index (χ4v) is 2.97. The van der Waals surface area contributed by atoms with Crippen LogP contribution in [-0.2, 0) is 13.2 Å². The normalized spacial score (nSPS) is 16.2. The molecule has 128 valence electrons. The summed E-state index contributed by atoms with van der Waals surface area (Å²) < 4.78 is 18.7. The topological polar surface area (TPSA) is 24.5 Å². The highest BCUT2D eigenvalue weighted by Gasteiger charge is 2.15. The second kappa shape index (κ2) is 8.27. The molecule has 0 aromatic heterocycles. The smallest absolute Gasteiger partial charge is 0.123 e. The quantitative estimate of drug-likeness (QED) is 0.877. The number of benzene rings is 2. The van der Waals surface area contributed by atoms with Crippen LogP contribution in [0.25, 0.3) is 0 Å². The van der Waals surface area contributed by atoms with E-state index in [-0.39, 0.29) is 5.82 Å². The molecular weight excluding hydrogens is 303 g/mol. The van der Waals surface area contributed by atoms with Gasteiger partial charge in [-0.1, -0.05) is 24.3 Å². The van der Waals surface area contributed by atoms with E-state index in [1.807, 2.05) is 12.1 Å². The number of likely N-dealkylation sites (tertiary alicyclic amines) is 1. The van der Waals surface area contributed by atoms with Gasteiger partial charge in [-0.25, -0.2) is 4.39 Å². The van der Waals surface area contributed by atoms with Crippen molar-refractivity contribution in [1.82, 2.24) is 10.2 Å². The highest BCUT2D eigenvalue weighted by Crippen LogP contribution is 2.16. The molecule has 0 spiro atoms. The summed E-state index contributed by atoms with van der Waals surface area (Å²) in [6, 6.07) is 15.2. The van der Waals surface area contributed by atoms with Crippen LogP contribution in [0.1, 0.15) is 24.0 Å². The van der Waals surface area contributed by atoms with Crippen molar-refractivity contribution < 1.29 is 9.13 Å². The van der Waals surface area contributed by atoms with Crippen molar-refractivity contribution in [2.24, 2.45) is 0 Å². The van der Waals surface area contributed by atoms with Gasteiger partial charge in [-0.15, -0.1) is 0 Å². The lowest BCUT2D eigenvalue weighted by Gasteiger charge is -2.29. The molecule has 3 rings (SSSR count). The summed E-state index contributed by atoms with van der Waals surface area (Å²) in [5.41, 5.74) is 2.19. The molecule has 0 unspecified atom stereocenters. The first-order valence-corrected chi connectivity index (χ1v) is 8.57. The minimum absolute atomic E-state index is 0.222. The Bertz CT molecular complexity index is 636. The van der Waals surface area contributed by atoms with E-state index in [0.717, 1.165) is 17.9 Å². The van der Waals surface area contributed by atoms with Crippen LogP contribution in [0.3, 0.4) is 0 Å². The molecule has 1 fully saturated rings. The van der Waals surface area contributed by atoms with Gasteiger partial charge in [-0.3, -0.25) is 0 Å². The lowest BCUT2D eigenvalue weighted by atomic mass is 10.1. The Balaban J connectivity index is 1.49. The number of hydrogen-bond donors (Lipinski definition) is 1. The summed E-state index contributed by atoms with van der Waals surface area (Å²) in [6.45, 7) is 3.64. The van der Waals surface area contributed by atoms with Crippen LogP contribution >= 0.6 is 0 Å². The Labute approximate surface area is 143 Å². The molecule has 1 saturated heterocycles. The summed E-state index contributed by atoms with van der Waals surface area (Å²) in [4.78, 5) is 2.38. The molecule has 0 radical (unpaired) electrons. The molecule has 3 nitrogen and oxygen atoms in total. The maximum absolute atomic E-state index is 12.9. The van der Waals surface area contributed by atoms with Gasteiger partial charge in [0.05, 0.1) is 0 Å². The number of ether oxygens (including phenoxy) is 1. The molecule has 2 aromatic rings. The van der Waals surface area contributed by atoms with E-state index in [9.17, 15) is 4.39 Å². The van der Waals surface area contributed by atoms with E-state index < -0.39 is 0 Å². The molecule has 4 heteroatoms. The number of nitrogens with zero attached hydrogens (tertiary/aromatic N) is 1. The Morgan fingerprint density at radius 3 is 2.58 bits per heavy atom. The van der Waals surface area contributed by atoms with Gasteiger partial charge in [0, 0.05) is 12.6 Å². The Hall–Kier alpha value is -1.91. The second-order valence-electron chi connectivity index (χ2n) is 6.52. The third-order valence-electron chi connectivity index (χ3n) is 4.53. The first kappa shape index (κ1) is 16.9. The van der Waals surface area contributed by atoms with Gasteiger partial charge in [0.1, 0.15) is 18.2 Å². The molecular formula is C20H25FN2O. The van der Waals surface area contributed by atoms with Crippen molar-refractivity contribution in [1.29, 1.82) is 0 Å². The molecule has 24 heavy (non-hydrogen) atoms. The van der Waals surface area contributed by atoms with E-state index >= 15 is 0 Å². The maximum atomic E-state index is 12.9. The van der Waals surface area contributed by atoms with Gasteiger partial charge in [0.2, 0.25) is 0 Å². The minimum Gasteiger partial charge on any atom is -0.489 e. The summed E-state index contributed by atoms with van der Waals surface area (Å²) in [7, 11) is 2.18. The zero-order valence-electron chi connectivity index (χ0n) is 14.2. The first-order chi connectivity index (χ1) is 11.7. The average molecular weight is 328 g/mol. The number of hydrogen-bond acceptors (Lipinski definition) is 3. The molecule has 0 bridgehead atoms. The molecule has 1 aliphatic heterocycles. The molecule has 0 aliphatic carbocycles. The highest BCUT2D eigenvalue weighted by atomic mass is 19.1. The van der Waals surface area contributed by atoms with Crippen molar-refractivity contribution >= 4 is 0 Å². The van der Waals surface area contributed by atoms with Gasteiger partial charge < -0.3 is 15.0 Å². The van der Waals surface area contributed by atoms with Crippen LogP contribution in [0.15, 0.2) is 48.5 Å². The number of piperidine rings is 1. The largest absolute Gasteiger partial charge is 0.489 e. The zero-order chi connectivity index (χ0) is 16.8. The van der Waals surface area contributed by atoms with Gasteiger partial charge in [0.15, 0.2) is 0 Å². The molecule has 1 aliphatic rings. The standard InChI is InChI=1S/C20H25FN2O/c1-23-11-9-19(10-12-23)22-14-17-3-2-4-20(13-17)24-15-16-5-7-18(21)8-6-16/h2-8,13,19,22H,9-12,14-15H2,1H3. The van der Waals surface area contributed by atoms with Gasteiger partial charge in [0.25, 0.3) is 0 Å². The Morgan fingerprint density at radius 1 is 1.08 bits per heavy atom. The van der Waals surface area contributed by atoms with Crippen molar-refractivity contribution in [3.63, 3.8) is 0 Å². The van der Waals surface area contributed by atoms with E-state index in [1.165, 1.54) is 43.6 Å².